The van der Waals surface area contributed by atoms with Gasteiger partial charge in [0, 0.05) is 19.7 Å². The van der Waals surface area contributed by atoms with Gasteiger partial charge >= 0.3 is 0 Å². The van der Waals surface area contributed by atoms with Crippen molar-refractivity contribution in [2.24, 2.45) is 0 Å². The van der Waals surface area contributed by atoms with E-state index < -0.39 is 33.5 Å². The Morgan fingerprint density at radius 3 is 2.34 bits per heavy atom. The Morgan fingerprint density at radius 1 is 1.09 bits per heavy atom. The fourth-order valence-corrected chi connectivity index (χ4v) is 13.1. The van der Waals surface area contributed by atoms with Crippen molar-refractivity contribution in [2.75, 3.05) is 33.2 Å². The maximum Gasteiger partial charge on any atom is 0.264 e. The van der Waals surface area contributed by atoms with Gasteiger partial charge in [0.25, 0.3) is 11.8 Å². The Bertz CT molecular complexity index is 1070. The van der Waals surface area contributed by atoms with Gasteiger partial charge in [-0.2, -0.15) is 0 Å². The first-order valence-corrected chi connectivity index (χ1v) is 14.6. The number of piperazine rings is 1. The normalized spacial score (nSPS) is 37.8. The van der Waals surface area contributed by atoms with Crippen molar-refractivity contribution in [1.29, 1.82) is 0 Å². The number of benzene rings is 1. The second kappa shape index (κ2) is 7.09. The molecule has 2 N–H and O–H groups in total. The highest BCUT2D eigenvalue weighted by Gasteiger charge is 2.80. The molecular weight excluding hydrogens is 518 g/mol. The van der Waals surface area contributed by atoms with E-state index in [0.29, 0.717) is 5.69 Å². The predicted octanol–water partition coefficient (Wildman–Crippen LogP) is 2.10. The summed E-state index contributed by atoms with van der Waals surface area (Å²) in [4.78, 5) is 29.1. The molecule has 2 amide bonds. The van der Waals surface area contributed by atoms with Gasteiger partial charge in [-0.1, -0.05) is 11.6 Å². The number of hydrogen-bond donors (Lipinski definition) is 2. The second-order valence-electron chi connectivity index (χ2n) is 8.05. The Labute approximate surface area is 204 Å². The molecule has 4 fully saturated rings. The van der Waals surface area contributed by atoms with Crippen LogP contribution in [0.1, 0.15) is 12.5 Å². The molecule has 5 atom stereocenters. The molecule has 5 aliphatic rings. The molecule has 0 aromatic heterocycles. The highest BCUT2D eigenvalue weighted by atomic mass is 35.5. The summed E-state index contributed by atoms with van der Waals surface area (Å²) in [5.41, 5.74) is -1.30. The minimum absolute atomic E-state index is 0.175. The third-order valence-corrected chi connectivity index (χ3v) is 14.4. The van der Waals surface area contributed by atoms with Gasteiger partial charge in [-0.15, -0.1) is 0 Å². The largest absolute Gasteiger partial charge is 0.491 e. The molecule has 32 heavy (non-hydrogen) atoms. The van der Waals surface area contributed by atoms with E-state index in [1.54, 1.807) is 25.9 Å². The van der Waals surface area contributed by atoms with Crippen LogP contribution < -0.4 is 14.4 Å². The monoisotopic (exact) mass is 537 g/mol. The van der Waals surface area contributed by atoms with E-state index in [2.05, 4.69) is 0 Å². The van der Waals surface area contributed by atoms with Crippen LogP contribution in [-0.4, -0.2) is 82.2 Å². The highest BCUT2D eigenvalue weighted by Crippen LogP contribution is 2.69. The van der Waals surface area contributed by atoms with Gasteiger partial charge in [0.15, 0.2) is 22.0 Å². The summed E-state index contributed by atoms with van der Waals surface area (Å²) in [5.74, 6) is -0.274. The van der Waals surface area contributed by atoms with Crippen LogP contribution in [0.25, 0.3) is 0 Å². The summed E-state index contributed by atoms with van der Waals surface area (Å²) < 4.78 is 11.0. The molecule has 0 saturated carbocycles. The van der Waals surface area contributed by atoms with E-state index in [1.807, 2.05) is 0 Å². The summed E-state index contributed by atoms with van der Waals surface area (Å²) in [6.07, 6.45) is -2.70. The van der Waals surface area contributed by atoms with Crippen LogP contribution in [0.5, 0.6) is 11.5 Å². The number of aliphatic hydroxyl groups excluding tert-OH is 1. The number of anilines is 1. The summed E-state index contributed by atoms with van der Waals surface area (Å²) in [7, 11) is 11.1. The van der Waals surface area contributed by atoms with Crippen LogP contribution >= 0.6 is 52.8 Å². The first-order valence-electron chi connectivity index (χ1n) is 9.43. The fraction of sp³-hybridized carbons (Fsp3) is 0.556. The maximum atomic E-state index is 13.9. The van der Waals surface area contributed by atoms with Crippen LogP contribution in [-0.2, 0) is 15.2 Å². The van der Waals surface area contributed by atoms with Crippen LogP contribution in [0.3, 0.4) is 0 Å². The molecule has 0 unspecified atom stereocenters. The van der Waals surface area contributed by atoms with Crippen LogP contribution in [0.4, 0.5) is 5.69 Å². The number of likely N-dealkylation sites (N-methyl/N-ethyl adjacent to an activating group) is 2. The number of fused-ring (bicyclic) bond motifs is 7. The third-order valence-electron chi connectivity index (χ3n) is 6.76. The van der Waals surface area contributed by atoms with Gasteiger partial charge in [-0.25, -0.2) is 0 Å². The quantitative estimate of drug-likeness (QED) is 0.542. The van der Waals surface area contributed by atoms with Crippen molar-refractivity contribution >= 4 is 70.3 Å². The molecule has 2 bridgehead atoms. The molecule has 9 nitrogen and oxygen atoms in total. The third kappa shape index (κ3) is 2.31. The summed E-state index contributed by atoms with van der Waals surface area (Å²) >= 11 is 6.44. The Kier molecular flexibility index (Phi) is 5.08. The summed E-state index contributed by atoms with van der Waals surface area (Å²) in [6, 6.07) is 1.50. The molecule has 14 heteroatoms. The number of ether oxygens (including phenoxy) is 2. The average molecular weight is 538 g/mol. The molecular formula is C18H20ClN3O6S4. The highest BCUT2D eigenvalue weighted by molar-refractivity contribution is 9.26. The first-order chi connectivity index (χ1) is 15.0. The molecule has 0 aliphatic carbocycles. The van der Waals surface area contributed by atoms with Crippen molar-refractivity contribution in [1.82, 2.24) is 9.80 Å². The Hall–Kier alpha value is -0.830. The molecule has 5 heterocycles. The van der Waals surface area contributed by atoms with Gasteiger partial charge < -0.3 is 29.5 Å². The number of hydrogen-bond acceptors (Lipinski definition) is 11. The minimum Gasteiger partial charge on any atom is -0.491 e. The number of carbonyl (C=O) groups excluding carboxylic acids is 2. The number of methoxy groups -OCH3 is 2. The molecule has 1 aromatic carbocycles. The van der Waals surface area contributed by atoms with Crippen LogP contribution in [0, 0.1) is 0 Å². The smallest absolute Gasteiger partial charge is 0.264 e. The average Bonchev–Trinajstić information content (AvgIpc) is 3.10. The van der Waals surface area contributed by atoms with Gasteiger partial charge in [-0.05, 0) is 54.2 Å². The molecule has 4 saturated heterocycles. The summed E-state index contributed by atoms with van der Waals surface area (Å²) in [6.45, 7) is 1.68. The van der Waals surface area contributed by atoms with Crippen molar-refractivity contribution in [3.8, 4) is 11.5 Å². The number of aliphatic hydroxyl groups is 2. The first kappa shape index (κ1) is 22.9. The van der Waals surface area contributed by atoms with Gasteiger partial charge in [0.2, 0.25) is 4.87 Å². The van der Waals surface area contributed by atoms with E-state index in [0.717, 1.165) is 10.8 Å². The molecule has 0 radical (unpaired) electrons. The van der Waals surface area contributed by atoms with Crippen LogP contribution in [0.2, 0.25) is 5.02 Å². The summed E-state index contributed by atoms with van der Waals surface area (Å²) in [5, 5.41) is 24.0. The van der Waals surface area contributed by atoms with E-state index >= 15 is 0 Å². The minimum atomic E-state index is -2.00. The molecule has 1 spiro atoms. The lowest BCUT2D eigenvalue weighted by molar-refractivity contribution is -0.166. The standard InChI is InChI=1S/C18H20ClN3O6S4/c1-16-14(24)22-13-17(26,12(23)18(22,15(25)21(16)3)30-32-31-29-16)7-6-8(19)10(27-4)11(28-5)9(7)20(13)2/h6,12-13,23,26H,1-5H3/t12-,13-,16-,17-,18-/m1/s1. The van der Waals surface area contributed by atoms with E-state index in [4.69, 9.17) is 21.1 Å². The number of carbonyl (C=O) groups is 2. The van der Waals surface area contributed by atoms with Crippen molar-refractivity contribution in [3.05, 3.63) is 16.7 Å². The van der Waals surface area contributed by atoms with Crippen molar-refractivity contribution in [3.63, 3.8) is 0 Å². The Balaban J connectivity index is 1.82. The zero-order valence-electron chi connectivity index (χ0n) is 17.6. The van der Waals surface area contributed by atoms with Crippen molar-refractivity contribution < 1.29 is 29.3 Å². The lowest BCUT2D eigenvalue weighted by Crippen LogP contribution is -2.75. The van der Waals surface area contributed by atoms with Crippen molar-refractivity contribution in [2.45, 2.75) is 34.5 Å². The molecule has 174 valence electrons. The fourth-order valence-electron chi connectivity index (χ4n) is 5.10. The second-order valence-corrected chi connectivity index (χ2v) is 14.8. The number of nitrogens with zero attached hydrogens (tertiary/aromatic N) is 3. The van der Waals surface area contributed by atoms with E-state index in [-0.39, 0.29) is 28.0 Å². The molecule has 6 rings (SSSR count). The number of halogens is 1. The maximum absolute atomic E-state index is 13.9. The Morgan fingerprint density at radius 2 is 1.72 bits per heavy atom. The van der Waals surface area contributed by atoms with Gasteiger partial charge in [0.1, 0.15) is 12.3 Å². The molecule has 5 aliphatic heterocycles. The lowest BCUT2D eigenvalue weighted by Gasteiger charge is -2.54. The topological polar surface area (TPSA) is 103 Å². The predicted molar refractivity (Wildman–Crippen MR) is 128 cm³/mol. The molecule has 1 aromatic rings. The van der Waals surface area contributed by atoms with Gasteiger partial charge in [0.05, 0.1) is 24.9 Å². The zero-order chi connectivity index (χ0) is 23.4. The van der Waals surface area contributed by atoms with E-state index in [9.17, 15) is 19.8 Å². The number of rotatable bonds is 2. The van der Waals surface area contributed by atoms with Gasteiger partial charge in [-0.3, -0.25) is 14.5 Å². The van der Waals surface area contributed by atoms with E-state index in [1.165, 1.54) is 60.5 Å². The lowest BCUT2D eigenvalue weighted by atomic mass is 9.87. The SMILES string of the molecule is COc1c(Cl)cc2c(c1OC)N(C)[C@@H]1N3C(=O)[C@@]4(C)SSSS[C@@]3(C(=O)N4C)[C@H](O)[C@]21O. The number of amides is 2. The van der Waals surface area contributed by atoms with Crippen LogP contribution in [0.15, 0.2) is 6.07 Å². The zero-order valence-corrected chi connectivity index (χ0v) is 21.6.